The van der Waals surface area contributed by atoms with E-state index in [4.69, 9.17) is 26.3 Å². The third-order valence-electron chi connectivity index (χ3n) is 4.36. The van der Waals surface area contributed by atoms with Crippen LogP contribution in [0.5, 0.6) is 11.5 Å². The van der Waals surface area contributed by atoms with Crippen molar-refractivity contribution in [2.45, 2.75) is 31.3 Å². The van der Waals surface area contributed by atoms with Crippen LogP contribution in [0.4, 0.5) is 0 Å². The van der Waals surface area contributed by atoms with Crippen molar-refractivity contribution in [2.24, 2.45) is 11.5 Å². The van der Waals surface area contributed by atoms with E-state index in [0.717, 1.165) is 0 Å². The van der Waals surface area contributed by atoms with Crippen molar-refractivity contribution < 1.29 is 39.4 Å². The highest BCUT2D eigenvalue weighted by Crippen LogP contribution is 2.34. The summed E-state index contributed by atoms with van der Waals surface area (Å²) in [6.45, 7) is 0.338. The first kappa shape index (κ1) is 21.5. The number of phenols is 1. The average molecular weight is 395 g/mol. The number of carbonyl (C=O) groups is 3. The number of carbonyl (C=O) groups excluding carboxylic acids is 2. The van der Waals surface area contributed by atoms with E-state index in [0.29, 0.717) is 0 Å². The van der Waals surface area contributed by atoms with Crippen molar-refractivity contribution in [3.05, 3.63) is 23.3 Å². The zero-order chi connectivity index (χ0) is 21.0. The van der Waals surface area contributed by atoms with Gasteiger partial charge >= 0.3 is 13.1 Å². The Hall–Kier alpha value is -2.83. The Morgan fingerprint density at radius 3 is 2.46 bits per heavy atom. The molecule has 0 saturated carbocycles. The van der Waals surface area contributed by atoms with Crippen LogP contribution >= 0.6 is 0 Å². The predicted octanol–water partition coefficient (Wildman–Crippen LogP) is -2.10. The summed E-state index contributed by atoms with van der Waals surface area (Å²) >= 11 is 0. The largest absolute Gasteiger partial charge is 0.507 e. The highest BCUT2D eigenvalue weighted by molar-refractivity contribution is 6.41. The van der Waals surface area contributed by atoms with Crippen LogP contribution in [-0.4, -0.2) is 75.3 Å². The standard InChI is InChI=1S/C16H22BN3O8/c18-10(15(19)23)5-12(21)20-6-9(7-20)28-11-2-1-8(3-4-17(26)27)14(22)13(11)16(24)25/h1-2,9-10,22,26-27H,3-7,18H2,(H2,19,23)(H,24,25)/t10-/m1/s1. The van der Waals surface area contributed by atoms with E-state index in [2.05, 4.69) is 0 Å². The van der Waals surface area contributed by atoms with Crippen LogP contribution in [0.2, 0.25) is 6.32 Å². The molecule has 1 aliphatic rings. The van der Waals surface area contributed by atoms with Crippen LogP contribution in [0.3, 0.4) is 0 Å². The monoisotopic (exact) mass is 395 g/mol. The van der Waals surface area contributed by atoms with E-state index in [1.54, 1.807) is 0 Å². The summed E-state index contributed by atoms with van der Waals surface area (Å²) < 4.78 is 5.58. The summed E-state index contributed by atoms with van der Waals surface area (Å²) in [5, 5.41) is 37.4. The van der Waals surface area contributed by atoms with Crippen molar-refractivity contribution in [1.29, 1.82) is 0 Å². The number of rotatable bonds is 9. The third-order valence-corrected chi connectivity index (χ3v) is 4.36. The third kappa shape index (κ3) is 5.12. The molecule has 2 rings (SSSR count). The van der Waals surface area contributed by atoms with Gasteiger partial charge in [-0.2, -0.15) is 0 Å². The number of primary amides is 1. The summed E-state index contributed by atoms with van der Waals surface area (Å²) in [5.74, 6) is -3.13. The Bertz CT molecular complexity index is 767. The van der Waals surface area contributed by atoms with Crippen molar-refractivity contribution in [3.63, 3.8) is 0 Å². The van der Waals surface area contributed by atoms with E-state index >= 15 is 0 Å². The van der Waals surface area contributed by atoms with Gasteiger partial charge in [-0.1, -0.05) is 6.07 Å². The number of amides is 2. The molecule has 0 bridgehead atoms. The Morgan fingerprint density at radius 2 is 1.93 bits per heavy atom. The summed E-state index contributed by atoms with van der Waals surface area (Å²) in [6.07, 6.45) is -0.721. The van der Waals surface area contributed by atoms with Gasteiger partial charge in [-0.3, -0.25) is 9.59 Å². The number of aromatic carboxylic acids is 1. The molecule has 1 aromatic rings. The molecule has 1 aliphatic heterocycles. The van der Waals surface area contributed by atoms with Gasteiger partial charge in [0.1, 0.15) is 23.2 Å². The summed E-state index contributed by atoms with van der Waals surface area (Å²) in [5.41, 5.74) is 10.3. The van der Waals surface area contributed by atoms with Crippen molar-refractivity contribution in [2.75, 3.05) is 13.1 Å². The topological polar surface area (TPSA) is 197 Å². The quantitative estimate of drug-likeness (QED) is 0.254. The van der Waals surface area contributed by atoms with Crippen LogP contribution in [0.15, 0.2) is 12.1 Å². The number of benzene rings is 1. The van der Waals surface area contributed by atoms with Crippen LogP contribution in [-0.2, 0) is 16.0 Å². The number of aromatic hydroxyl groups is 1. The summed E-state index contributed by atoms with van der Waals surface area (Å²) in [6, 6.07) is 1.73. The molecular formula is C16H22BN3O8. The minimum atomic E-state index is -1.58. The lowest BCUT2D eigenvalue weighted by molar-refractivity contribution is -0.141. The molecule has 28 heavy (non-hydrogen) atoms. The number of nitrogens with two attached hydrogens (primary N) is 2. The number of hydrogen-bond acceptors (Lipinski definition) is 8. The molecule has 0 radical (unpaired) electrons. The molecule has 1 saturated heterocycles. The maximum absolute atomic E-state index is 11.9. The van der Waals surface area contributed by atoms with E-state index in [-0.39, 0.29) is 49.5 Å². The smallest absolute Gasteiger partial charge is 0.451 e. The van der Waals surface area contributed by atoms with Crippen molar-refractivity contribution >= 4 is 24.9 Å². The minimum Gasteiger partial charge on any atom is -0.507 e. The number of carboxylic acid groups (broad SMARTS) is 1. The molecule has 0 aromatic heterocycles. The maximum Gasteiger partial charge on any atom is 0.451 e. The predicted molar refractivity (Wildman–Crippen MR) is 96.6 cm³/mol. The van der Waals surface area contributed by atoms with Gasteiger partial charge in [-0.15, -0.1) is 0 Å². The molecule has 1 atom stereocenters. The van der Waals surface area contributed by atoms with Crippen LogP contribution in [0.1, 0.15) is 22.3 Å². The van der Waals surface area contributed by atoms with Gasteiger partial charge in [0.15, 0.2) is 0 Å². The Kier molecular flexibility index (Phi) is 6.83. The van der Waals surface area contributed by atoms with E-state index in [1.807, 2.05) is 0 Å². The molecule has 0 aliphatic carbocycles. The number of likely N-dealkylation sites (tertiary alicyclic amines) is 1. The van der Waals surface area contributed by atoms with Crippen molar-refractivity contribution in [1.82, 2.24) is 4.90 Å². The van der Waals surface area contributed by atoms with Gasteiger partial charge in [0.2, 0.25) is 11.8 Å². The lowest BCUT2D eigenvalue weighted by atomic mass is 9.82. The molecule has 0 unspecified atom stereocenters. The molecule has 1 aromatic carbocycles. The van der Waals surface area contributed by atoms with Gasteiger partial charge < -0.3 is 41.4 Å². The molecule has 8 N–H and O–H groups in total. The van der Waals surface area contributed by atoms with Gasteiger partial charge in [0.25, 0.3) is 0 Å². The fraction of sp³-hybridized carbons (Fsp3) is 0.438. The van der Waals surface area contributed by atoms with Crippen LogP contribution < -0.4 is 16.2 Å². The number of aryl methyl sites for hydroxylation is 1. The zero-order valence-electron chi connectivity index (χ0n) is 14.9. The Balaban J connectivity index is 2.01. The Labute approximate surface area is 160 Å². The first-order valence-corrected chi connectivity index (χ1v) is 8.53. The van der Waals surface area contributed by atoms with Gasteiger partial charge in [0, 0.05) is 0 Å². The second-order valence-corrected chi connectivity index (χ2v) is 6.52. The number of nitrogens with zero attached hydrogens (tertiary/aromatic N) is 1. The van der Waals surface area contributed by atoms with Gasteiger partial charge in [-0.25, -0.2) is 4.79 Å². The fourth-order valence-corrected chi connectivity index (χ4v) is 2.72. The molecule has 11 nitrogen and oxygen atoms in total. The second kappa shape index (κ2) is 8.91. The highest BCUT2D eigenvalue weighted by Gasteiger charge is 2.34. The normalized spacial score (nSPS) is 14.9. The molecular weight excluding hydrogens is 373 g/mol. The lowest BCUT2D eigenvalue weighted by Gasteiger charge is -2.39. The SMILES string of the molecule is NC(=O)[C@H](N)CC(=O)N1CC(Oc2ccc(CCB(O)O)c(O)c2C(=O)O)C1. The molecule has 2 amide bonds. The summed E-state index contributed by atoms with van der Waals surface area (Å²) in [7, 11) is -1.58. The van der Waals surface area contributed by atoms with E-state index < -0.39 is 42.5 Å². The summed E-state index contributed by atoms with van der Waals surface area (Å²) in [4.78, 5) is 35.8. The molecule has 152 valence electrons. The molecule has 0 spiro atoms. The minimum absolute atomic E-state index is 0.0654. The first-order valence-electron chi connectivity index (χ1n) is 8.53. The lowest BCUT2D eigenvalue weighted by Crippen LogP contribution is -2.57. The van der Waals surface area contributed by atoms with Gasteiger partial charge in [-0.05, 0) is 24.4 Å². The van der Waals surface area contributed by atoms with Crippen LogP contribution in [0, 0.1) is 0 Å². The van der Waals surface area contributed by atoms with Crippen molar-refractivity contribution in [3.8, 4) is 11.5 Å². The van der Waals surface area contributed by atoms with E-state index in [1.165, 1.54) is 17.0 Å². The Morgan fingerprint density at radius 1 is 1.29 bits per heavy atom. The molecule has 1 heterocycles. The number of ether oxygens (including phenoxy) is 1. The van der Waals surface area contributed by atoms with E-state index in [9.17, 15) is 24.6 Å². The average Bonchev–Trinajstić information content (AvgIpc) is 2.55. The highest BCUT2D eigenvalue weighted by atomic mass is 16.5. The van der Waals surface area contributed by atoms with Crippen LogP contribution in [0.25, 0.3) is 0 Å². The number of carboxylic acids is 1. The second-order valence-electron chi connectivity index (χ2n) is 6.52. The molecule has 12 heteroatoms. The number of hydrogen-bond donors (Lipinski definition) is 6. The first-order chi connectivity index (χ1) is 13.1. The fourth-order valence-electron chi connectivity index (χ4n) is 2.72. The molecule has 1 fully saturated rings. The van der Waals surface area contributed by atoms with Gasteiger partial charge in [0.05, 0.1) is 25.6 Å². The zero-order valence-corrected chi connectivity index (χ0v) is 14.9. The maximum atomic E-state index is 11.9.